The van der Waals surface area contributed by atoms with E-state index in [0.717, 1.165) is 16.9 Å². The summed E-state index contributed by atoms with van der Waals surface area (Å²) >= 11 is 1.11. The Morgan fingerprint density at radius 2 is 1.69 bits per heavy atom. The number of thiazole rings is 1. The van der Waals surface area contributed by atoms with Gasteiger partial charge in [0.1, 0.15) is 10.5 Å². The standard InChI is InChI=1S/C24H21N3O4S/c1-2-31-24(30)18-17(15-11-7-4-8-12-15)19(21(26)28)23-27(20(18)25)22(29)16(32-23)13-14-9-5-3-6-10-14/h3-13,17H,2,25H2,1H3,(H2,26,28)/b16-13-. The third kappa shape index (κ3) is 3.65. The second kappa shape index (κ2) is 8.68. The monoisotopic (exact) mass is 447 g/mol. The average Bonchev–Trinajstić information content (AvgIpc) is 3.10. The normalized spacial score (nSPS) is 16.1. The number of fused-ring (bicyclic) bond motifs is 1. The van der Waals surface area contributed by atoms with Gasteiger partial charge in [-0.15, -0.1) is 11.3 Å². The lowest BCUT2D eigenvalue weighted by molar-refractivity contribution is -0.138. The van der Waals surface area contributed by atoms with E-state index in [-0.39, 0.29) is 23.6 Å². The van der Waals surface area contributed by atoms with Gasteiger partial charge in [0.2, 0.25) is 5.91 Å². The van der Waals surface area contributed by atoms with E-state index in [0.29, 0.717) is 14.8 Å². The van der Waals surface area contributed by atoms with E-state index in [4.69, 9.17) is 16.2 Å². The Morgan fingerprint density at radius 3 is 2.28 bits per heavy atom. The molecule has 1 aliphatic rings. The first kappa shape index (κ1) is 21.3. The molecule has 1 aromatic heterocycles. The molecule has 8 heteroatoms. The van der Waals surface area contributed by atoms with Crippen LogP contribution in [0.25, 0.3) is 17.5 Å². The lowest BCUT2D eigenvalue weighted by Gasteiger charge is -2.26. The maximum absolute atomic E-state index is 13.3. The summed E-state index contributed by atoms with van der Waals surface area (Å²) in [6.45, 7) is 1.78. The van der Waals surface area contributed by atoms with Crippen molar-refractivity contribution in [3.05, 3.63) is 96.9 Å². The number of hydrogen-bond acceptors (Lipinski definition) is 6. The van der Waals surface area contributed by atoms with Crippen molar-refractivity contribution >= 4 is 40.7 Å². The Kier molecular flexibility index (Phi) is 5.79. The minimum Gasteiger partial charge on any atom is -0.463 e. The number of carbonyl (C=O) groups excluding carboxylic acids is 2. The summed E-state index contributed by atoms with van der Waals surface area (Å²) in [6, 6.07) is 18.3. The number of nitrogens with two attached hydrogens (primary N) is 2. The van der Waals surface area contributed by atoms with Gasteiger partial charge >= 0.3 is 5.97 Å². The molecule has 7 nitrogen and oxygen atoms in total. The number of rotatable bonds is 5. The molecular weight excluding hydrogens is 426 g/mol. The summed E-state index contributed by atoms with van der Waals surface area (Å²) in [4.78, 5) is 38.9. The van der Waals surface area contributed by atoms with Crippen LogP contribution in [0.5, 0.6) is 0 Å². The maximum atomic E-state index is 13.3. The van der Waals surface area contributed by atoms with Crippen molar-refractivity contribution in [3.8, 4) is 0 Å². The summed E-state index contributed by atoms with van der Waals surface area (Å²) in [5.74, 6) is -2.36. The van der Waals surface area contributed by atoms with Gasteiger partial charge < -0.3 is 16.2 Å². The van der Waals surface area contributed by atoms with Crippen LogP contribution in [0.15, 0.2) is 71.0 Å². The minimum atomic E-state index is -0.852. The van der Waals surface area contributed by atoms with Crippen LogP contribution < -0.4 is 26.2 Å². The van der Waals surface area contributed by atoms with Crippen molar-refractivity contribution < 1.29 is 14.3 Å². The predicted molar refractivity (Wildman–Crippen MR) is 124 cm³/mol. The van der Waals surface area contributed by atoms with Crippen LogP contribution in [0, 0.1) is 0 Å². The van der Waals surface area contributed by atoms with Crippen molar-refractivity contribution in [2.75, 3.05) is 6.61 Å². The van der Waals surface area contributed by atoms with Gasteiger partial charge in [0, 0.05) is 0 Å². The fourth-order valence-electron chi connectivity index (χ4n) is 3.78. The van der Waals surface area contributed by atoms with E-state index in [1.54, 1.807) is 37.3 Å². The zero-order valence-electron chi connectivity index (χ0n) is 17.3. The van der Waals surface area contributed by atoms with Gasteiger partial charge in [0.05, 0.1) is 28.2 Å². The molecule has 2 aromatic carbocycles. The van der Waals surface area contributed by atoms with Gasteiger partial charge in [-0.1, -0.05) is 60.7 Å². The molecule has 0 saturated carbocycles. The van der Waals surface area contributed by atoms with Crippen LogP contribution in [-0.2, 0) is 14.3 Å². The molecule has 4 rings (SSSR count). The highest BCUT2D eigenvalue weighted by atomic mass is 32.1. The summed E-state index contributed by atoms with van der Waals surface area (Å²) in [7, 11) is 0. The molecule has 162 valence electrons. The molecule has 0 fully saturated rings. The highest BCUT2D eigenvalue weighted by Gasteiger charge is 2.38. The van der Waals surface area contributed by atoms with Crippen molar-refractivity contribution in [3.63, 3.8) is 0 Å². The molecule has 32 heavy (non-hydrogen) atoms. The number of aromatic nitrogens is 1. The second-order valence-electron chi connectivity index (χ2n) is 7.11. The van der Waals surface area contributed by atoms with E-state index in [9.17, 15) is 14.4 Å². The molecule has 0 aliphatic carbocycles. The SMILES string of the molecule is CCOC(=O)C1=C(N)n2c(s/c(=C\c3ccccc3)c2=O)=C(C(N)=O)C1c1ccccc1. The summed E-state index contributed by atoms with van der Waals surface area (Å²) in [5.41, 5.74) is 13.4. The Hall–Kier alpha value is -3.91. The number of ether oxygens (including phenoxy) is 1. The number of hydrogen-bond donors (Lipinski definition) is 2. The maximum Gasteiger partial charge on any atom is 0.338 e. The van der Waals surface area contributed by atoms with Gasteiger partial charge in [0.15, 0.2) is 0 Å². The number of primary amides is 1. The fourth-order valence-corrected chi connectivity index (χ4v) is 4.96. The predicted octanol–water partition coefficient (Wildman–Crippen LogP) is 0.862. The highest BCUT2D eigenvalue weighted by molar-refractivity contribution is 7.07. The molecule has 0 bridgehead atoms. The quantitative estimate of drug-likeness (QED) is 0.563. The van der Waals surface area contributed by atoms with Gasteiger partial charge in [-0.25, -0.2) is 4.79 Å². The average molecular weight is 448 g/mol. The molecule has 1 atom stereocenters. The van der Waals surface area contributed by atoms with Gasteiger partial charge in [-0.2, -0.15) is 0 Å². The third-order valence-electron chi connectivity index (χ3n) is 5.14. The summed E-state index contributed by atoms with van der Waals surface area (Å²) in [6.07, 6.45) is 1.71. The summed E-state index contributed by atoms with van der Waals surface area (Å²) in [5, 5.41) is 0. The molecule has 4 N–H and O–H groups in total. The van der Waals surface area contributed by atoms with Crippen LogP contribution in [0.3, 0.4) is 0 Å². The van der Waals surface area contributed by atoms with Crippen LogP contribution in [-0.4, -0.2) is 23.1 Å². The van der Waals surface area contributed by atoms with Gasteiger partial charge in [0.25, 0.3) is 5.56 Å². The molecule has 1 aliphatic heterocycles. The first-order valence-corrected chi connectivity index (χ1v) is 10.8. The zero-order chi connectivity index (χ0) is 22.8. The lowest BCUT2D eigenvalue weighted by atomic mass is 9.83. The van der Waals surface area contributed by atoms with Crippen LogP contribution in [0.2, 0.25) is 0 Å². The van der Waals surface area contributed by atoms with Gasteiger partial charge in [-0.3, -0.25) is 14.2 Å². The van der Waals surface area contributed by atoms with Crippen LogP contribution in [0.4, 0.5) is 0 Å². The Bertz CT molecular complexity index is 1400. The number of carbonyl (C=O) groups is 2. The molecule has 0 radical (unpaired) electrons. The third-order valence-corrected chi connectivity index (χ3v) is 6.25. The first-order chi connectivity index (χ1) is 15.4. The molecule has 0 spiro atoms. The topological polar surface area (TPSA) is 117 Å². The minimum absolute atomic E-state index is 0.0190. The van der Waals surface area contributed by atoms with E-state index < -0.39 is 23.4 Å². The zero-order valence-corrected chi connectivity index (χ0v) is 18.1. The Balaban J connectivity index is 2.11. The van der Waals surface area contributed by atoms with Gasteiger partial charge in [-0.05, 0) is 24.1 Å². The Morgan fingerprint density at radius 1 is 1.06 bits per heavy atom. The molecule has 2 heterocycles. The van der Waals surface area contributed by atoms with Crippen molar-refractivity contribution in [1.29, 1.82) is 0 Å². The number of amides is 1. The smallest absolute Gasteiger partial charge is 0.338 e. The fraction of sp³-hybridized carbons (Fsp3) is 0.125. The molecule has 1 unspecified atom stereocenters. The van der Waals surface area contributed by atoms with E-state index >= 15 is 0 Å². The molecule has 3 aromatic rings. The first-order valence-electron chi connectivity index (χ1n) is 9.98. The molecule has 0 saturated heterocycles. The van der Waals surface area contributed by atoms with Crippen LogP contribution >= 0.6 is 11.3 Å². The van der Waals surface area contributed by atoms with Crippen molar-refractivity contribution in [2.24, 2.45) is 11.5 Å². The van der Waals surface area contributed by atoms with Crippen molar-refractivity contribution in [2.45, 2.75) is 12.8 Å². The highest BCUT2D eigenvalue weighted by Crippen LogP contribution is 2.36. The number of esters is 1. The second-order valence-corrected chi connectivity index (χ2v) is 8.14. The lowest BCUT2D eigenvalue weighted by Crippen LogP contribution is -2.42. The molecule has 1 amide bonds. The van der Waals surface area contributed by atoms with E-state index in [2.05, 4.69) is 0 Å². The van der Waals surface area contributed by atoms with E-state index in [1.165, 1.54) is 4.57 Å². The number of benzene rings is 2. The largest absolute Gasteiger partial charge is 0.463 e. The summed E-state index contributed by atoms with van der Waals surface area (Å²) < 4.78 is 7.09. The molecular formula is C24H21N3O4S. The number of nitrogens with zero attached hydrogens (tertiary/aromatic N) is 1. The van der Waals surface area contributed by atoms with Crippen molar-refractivity contribution in [1.82, 2.24) is 4.57 Å². The van der Waals surface area contributed by atoms with E-state index in [1.807, 2.05) is 36.4 Å². The Labute approximate surface area is 187 Å². The van der Waals surface area contributed by atoms with Crippen LogP contribution in [0.1, 0.15) is 24.0 Å².